The molecule has 0 unspecified atom stereocenters. The maximum absolute atomic E-state index is 13.7. The zero-order valence-electron chi connectivity index (χ0n) is 14.4. The van der Waals surface area contributed by atoms with Crippen LogP contribution in [0.1, 0.15) is 24.5 Å². The highest BCUT2D eigenvalue weighted by atomic mass is 19.1. The van der Waals surface area contributed by atoms with Crippen LogP contribution in [0, 0.1) is 5.82 Å². The lowest BCUT2D eigenvalue weighted by molar-refractivity contribution is -0.0172. The van der Waals surface area contributed by atoms with Crippen LogP contribution in [0.15, 0.2) is 17.1 Å². The van der Waals surface area contributed by atoms with Crippen LogP contribution in [-0.4, -0.2) is 46.1 Å². The number of benzene rings is 1. The molecule has 1 aromatic carbocycles. The standard InChI is InChI=1S/C17H26FN3O3/c1-3-19-17(20-6-4-8-22-2)21-7-5-13-9-15(18)10-14-11-23-12-24-16(13)14/h9-10H,3-8,11-12H2,1-2H3,(H2,19,20,21). The fraction of sp³-hybridized carbons (Fsp3) is 0.588. The number of hydrogen-bond acceptors (Lipinski definition) is 4. The molecule has 0 fully saturated rings. The van der Waals surface area contributed by atoms with Crippen molar-refractivity contribution in [3.05, 3.63) is 29.1 Å². The molecule has 0 bridgehead atoms. The van der Waals surface area contributed by atoms with Crippen molar-refractivity contribution in [3.63, 3.8) is 0 Å². The van der Waals surface area contributed by atoms with Gasteiger partial charge in [0, 0.05) is 38.9 Å². The highest BCUT2D eigenvalue weighted by molar-refractivity contribution is 5.79. The lowest BCUT2D eigenvalue weighted by Crippen LogP contribution is -2.38. The van der Waals surface area contributed by atoms with Crippen molar-refractivity contribution in [1.82, 2.24) is 10.6 Å². The van der Waals surface area contributed by atoms with Gasteiger partial charge in [0.2, 0.25) is 0 Å². The van der Waals surface area contributed by atoms with Crippen LogP contribution in [0.3, 0.4) is 0 Å². The van der Waals surface area contributed by atoms with Crippen LogP contribution in [0.5, 0.6) is 5.75 Å². The van der Waals surface area contributed by atoms with Crippen LogP contribution in [0.25, 0.3) is 0 Å². The van der Waals surface area contributed by atoms with E-state index in [0.29, 0.717) is 32.7 Å². The minimum absolute atomic E-state index is 0.211. The summed E-state index contributed by atoms with van der Waals surface area (Å²) in [4.78, 5) is 4.48. The Morgan fingerprint density at radius 2 is 2.25 bits per heavy atom. The highest BCUT2D eigenvalue weighted by Crippen LogP contribution is 2.29. The van der Waals surface area contributed by atoms with Crippen molar-refractivity contribution in [1.29, 1.82) is 0 Å². The Hall–Kier alpha value is -1.86. The topological polar surface area (TPSA) is 64.1 Å². The minimum Gasteiger partial charge on any atom is -0.467 e. The van der Waals surface area contributed by atoms with Gasteiger partial charge in [0.15, 0.2) is 12.8 Å². The van der Waals surface area contributed by atoms with Crippen LogP contribution in [0.2, 0.25) is 0 Å². The number of aliphatic imine (C=N–C) groups is 1. The predicted octanol–water partition coefficient (Wildman–Crippen LogP) is 1.83. The Balaban J connectivity index is 1.91. The molecule has 7 heteroatoms. The molecule has 0 aromatic heterocycles. The number of halogens is 1. The maximum atomic E-state index is 13.7. The summed E-state index contributed by atoms with van der Waals surface area (Å²) in [5.74, 6) is 1.23. The van der Waals surface area contributed by atoms with E-state index in [4.69, 9.17) is 14.2 Å². The van der Waals surface area contributed by atoms with E-state index in [1.54, 1.807) is 7.11 Å². The normalized spacial score (nSPS) is 14.0. The molecule has 2 rings (SSSR count). The molecule has 0 spiro atoms. The molecule has 1 heterocycles. The van der Waals surface area contributed by atoms with Gasteiger partial charge in [-0.25, -0.2) is 4.39 Å². The Bertz CT molecular complexity index is 552. The largest absolute Gasteiger partial charge is 0.467 e. The SMILES string of the molecule is CCNC(=NCCCOC)NCCc1cc(F)cc2c1OCOC2. The van der Waals surface area contributed by atoms with Crippen molar-refractivity contribution >= 4 is 5.96 Å². The molecule has 0 atom stereocenters. The molecule has 0 aliphatic carbocycles. The molecule has 1 aliphatic rings. The van der Waals surface area contributed by atoms with Gasteiger partial charge < -0.3 is 24.8 Å². The Labute approximate surface area is 142 Å². The van der Waals surface area contributed by atoms with E-state index >= 15 is 0 Å². The number of fused-ring (bicyclic) bond motifs is 1. The third-order valence-corrected chi connectivity index (χ3v) is 3.56. The smallest absolute Gasteiger partial charge is 0.191 e. The lowest BCUT2D eigenvalue weighted by atomic mass is 10.1. The second-order valence-corrected chi connectivity index (χ2v) is 5.45. The Morgan fingerprint density at radius 3 is 3.04 bits per heavy atom. The van der Waals surface area contributed by atoms with Gasteiger partial charge in [-0.15, -0.1) is 0 Å². The molecule has 134 valence electrons. The number of ether oxygens (including phenoxy) is 3. The van der Waals surface area contributed by atoms with Crippen molar-refractivity contribution in [3.8, 4) is 5.75 Å². The van der Waals surface area contributed by atoms with Crippen LogP contribution in [0.4, 0.5) is 4.39 Å². The van der Waals surface area contributed by atoms with E-state index in [1.165, 1.54) is 12.1 Å². The number of nitrogens with one attached hydrogen (secondary N) is 2. The summed E-state index contributed by atoms with van der Waals surface area (Å²) in [5.41, 5.74) is 1.60. The van der Waals surface area contributed by atoms with E-state index in [0.717, 1.165) is 35.8 Å². The molecule has 2 N–H and O–H groups in total. The summed E-state index contributed by atoms with van der Waals surface area (Å²) in [6, 6.07) is 2.99. The fourth-order valence-electron chi connectivity index (χ4n) is 2.50. The first-order valence-electron chi connectivity index (χ1n) is 8.27. The van der Waals surface area contributed by atoms with Gasteiger partial charge in [-0.05, 0) is 37.5 Å². The summed E-state index contributed by atoms with van der Waals surface area (Å²) < 4.78 is 29.5. The Kier molecular flexibility index (Phi) is 7.77. The van der Waals surface area contributed by atoms with Crippen molar-refractivity contribution in [2.24, 2.45) is 4.99 Å². The Morgan fingerprint density at radius 1 is 1.38 bits per heavy atom. The molecule has 24 heavy (non-hydrogen) atoms. The highest BCUT2D eigenvalue weighted by Gasteiger charge is 2.16. The van der Waals surface area contributed by atoms with E-state index in [9.17, 15) is 4.39 Å². The number of hydrogen-bond donors (Lipinski definition) is 2. The van der Waals surface area contributed by atoms with Crippen LogP contribution >= 0.6 is 0 Å². The van der Waals surface area contributed by atoms with E-state index in [1.807, 2.05) is 6.92 Å². The zero-order valence-corrected chi connectivity index (χ0v) is 14.4. The van der Waals surface area contributed by atoms with Crippen molar-refractivity contribution in [2.75, 3.05) is 40.1 Å². The van der Waals surface area contributed by atoms with Gasteiger partial charge in [-0.1, -0.05) is 0 Å². The summed E-state index contributed by atoms with van der Waals surface area (Å²) >= 11 is 0. The zero-order chi connectivity index (χ0) is 17.2. The molecule has 1 aliphatic heterocycles. The summed E-state index contributed by atoms with van der Waals surface area (Å²) in [7, 11) is 1.68. The minimum atomic E-state index is -0.266. The third kappa shape index (κ3) is 5.65. The third-order valence-electron chi connectivity index (χ3n) is 3.56. The number of nitrogens with zero attached hydrogens (tertiary/aromatic N) is 1. The first-order valence-corrected chi connectivity index (χ1v) is 8.27. The second kappa shape index (κ2) is 10.1. The van der Waals surface area contributed by atoms with Gasteiger partial charge in [0.05, 0.1) is 6.61 Å². The van der Waals surface area contributed by atoms with E-state index in [-0.39, 0.29) is 12.6 Å². The van der Waals surface area contributed by atoms with Gasteiger partial charge in [-0.3, -0.25) is 4.99 Å². The number of guanidine groups is 1. The van der Waals surface area contributed by atoms with Gasteiger partial charge in [0.1, 0.15) is 11.6 Å². The van der Waals surface area contributed by atoms with Gasteiger partial charge in [-0.2, -0.15) is 0 Å². The molecule has 0 saturated carbocycles. The fourth-order valence-corrected chi connectivity index (χ4v) is 2.50. The predicted molar refractivity (Wildman–Crippen MR) is 90.9 cm³/mol. The second-order valence-electron chi connectivity index (χ2n) is 5.45. The summed E-state index contributed by atoms with van der Waals surface area (Å²) in [6.07, 6.45) is 1.51. The molecule has 0 amide bonds. The maximum Gasteiger partial charge on any atom is 0.191 e. The van der Waals surface area contributed by atoms with Crippen LogP contribution < -0.4 is 15.4 Å². The average Bonchev–Trinajstić information content (AvgIpc) is 2.58. The monoisotopic (exact) mass is 339 g/mol. The lowest BCUT2D eigenvalue weighted by Gasteiger charge is -2.21. The van der Waals surface area contributed by atoms with Gasteiger partial charge >= 0.3 is 0 Å². The quantitative estimate of drug-likeness (QED) is 0.430. The first kappa shape index (κ1) is 18.5. The average molecular weight is 339 g/mol. The summed E-state index contributed by atoms with van der Waals surface area (Å²) in [5, 5.41) is 6.45. The molecule has 0 saturated heterocycles. The van der Waals surface area contributed by atoms with Crippen LogP contribution in [-0.2, 0) is 22.5 Å². The molecule has 0 radical (unpaired) electrons. The van der Waals surface area contributed by atoms with Crippen molar-refractivity contribution < 1.29 is 18.6 Å². The van der Waals surface area contributed by atoms with Crippen molar-refractivity contribution in [2.45, 2.75) is 26.4 Å². The van der Waals surface area contributed by atoms with E-state index < -0.39 is 0 Å². The summed E-state index contributed by atoms with van der Waals surface area (Å²) in [6.45, 7) is 5.42. The number of rotatable bonds is 8. The van der Waals surface area contributed by atoms with E-state index in [2.05, 4.69) is 15.6 Å². The van der Waals surface area contributed by atoms with Gasteiger partial charge in [0.25, 0.3) is 0 Å². The molecule has 1 aromatic rings. The number of methoxy groups -OCH3 is 1. The molecule has 6 nitrogen and oxygen atoms in total. The molecular weight excluding hydrogens is 313 g/mol. The molecular formula is C17H26FN3O3. The first-order chi connectivity index (χ1) is 11.7.